The van der Waals surface area contributed by atoms with Crippen molar-refractivity contribution in [3.8, 4) is 11.1 Å². The summed E-state index contributed by atoms with van der Waals surface area (Å²) in [5, 5.41) is 12.8. The zero-order chi connectivity index (χ0) is 21.7. The molecule has 0 unspecified atom stereocenters. The Morgan fingerprint density at radius 1 is 0.967 bits per heavy atom. The molecular weight excluding hydrogens is 382 g/mol. The largest absolute Gasteiger partial charge is 0.467 e. The van der Waals surface area contributed by atoms with Gasteiger partial charge in [-0.3, -0.25) is 0 Å². The molecule has 0 aliphatic carbocycles. The molecule has 0 radical (unpaired) electrons. The molecule has 1 atom stereocenters. The smallest absolute Gasteiger partial charge is 0.331 e. The average molecular weight is 412 g/mol. The van der Waals surface area contributed by atoms with Gasteiger partial charge in [-0.2, -0.15) is 0 Å². The van der Waals surface area contributed by atoms with Gasteiger partial charge in [0.1, 0.15) is 0 Å². The molecule has 0 spiro atoms. The third-order valence-electron chi connectivity index (χ3n) is 5.32. The summed E-state index contributed by atoms with van der Waals surface area (Å²) in [4.78, 5) is 28.4. The molecule has 3 rings (SSSR count). The van der Waals surface area contributed by atoms with Gasteiger partial charge < -0.3 is 25.0 Å². The molecule has 2 aromatic carbocycles. The van der Waals surface area contributed by atoms with Crippen LogP contribution >= 0.6 is 0 Å². The number of ether oxygens (including phenoxy) is 1. The lowest BCUT2D eigenvalue weighted by molar-refractivity contribution is -0.148. The minimum atomic E-state index is -1.43. The summed E-state index contributed by atoms with van der Waals surface area (Å²) in [6.07, 6.45) is 0. The fourth-order valence-electron chi connectivity index (χ4n) is 3.52. The summed E-state index contributed by atoms with van der Waals surface area (Å²) >= 11 is 0. The van der Waals surface area contributed by atoms with Crippen LogP contribution in [0.25, 0.3) is 11.1 Å². The van der Waals surface area contributed by atoms with Gasteiger partial charge in [0.05, 0.1) is 12.7 Å². The van der Waals surface area contributed by atoms with E-state index in [1.807, 2.05) is 18.2 Å². The topological polar surface area (TPSA) is 82.1 Å². The van der Waals surface area contributed by atoms with Crippen LogP contribution < -0.4 is 10.2 Å². The Bertz CT molecular complexity index is 854. The van der Waals surface area contributed by atoms with Gasteiger partial charge in [-0.05, 0) is 37.1 Å². The van der Waals surface area contributed by atoms with Crippen molar-refractivity contribution in [3.63, 3.8) is 0 Å². The maximum atomic E-state index is 12.6. The van der Waals surface area contributed by atoms with Crippen molar-refractivity contribution in [2.45, 2.75) is 25.5 Å². The Balaban J connectivity index is 1.58. The number of esters is 1. The van der Waals surface area contributed by atoms with E-state index in [-0.39, 0.29) is 6.03 Å². The molecular formula is C23H29N3O4. The number of nitrogens with zero attached hydrogens (tertiary/aromatic N) is 2. The van der Waals surface area contributed by atoms with Crippen LogP contribution in [0.3, 0.4) is 0 Å². The zero-order valence-corrected chi connectivity index (χ0v) is 17.7. The average Bonchev–Trinajstić information content (AvgIpc) is 2.77. The molecule has 1 fully saturated rings. The minimum absolute atomic E-state index is 0.383. The van der Waals surface area contributed by atoms with Crippen molar-refractivity contribution in [1.29, 1.82) is 0 Å². The van der Waals surface area contributed by atoms with Crippen molar-refractivity contribution in [1.82, 2.24) is 10.2 Å². The van der Waals surface area contributed by atoms with E-state index >= 15 is 0 Å². The lowest BCUT2D eigenvalue weighted by Crippen LogP contribution is -2.59. The summed E-state index contributed by atoms with van der Waals surface area (Å²) in [5.41, 5.74) is 2.03. The number of nitrogens with one attached hydrogen (secondary N) is 1. The van der Waals surface area contributed by atoms with Crippen LogP contribution in [-0.4, -0.2) is 66.9 Å². The second-order valence-corrected chi connectivity index (χ2v) is 7.95. The lowest BCUT2D eigenvalue weighted by atomic mass is 9.99. The number of anilines is 1. The van der Waals surface area contributed by atoms with Gasteiger partial charge in [0.15, 0.2) is 6.04 Å². The molecule has 7 heteroatoms. The van der Waals surface area contributed by atoms with Gasteiger partial charge in [0, 0.05) is 31.9 Å². The monoisotopic (exact) mass is 411 g/mol. The number of amides is 2. The number of rotatable bonds is 5. The van der Waals surface area contributed by atoms with Crippen LogP contribution in [0.4, 0.5) is 10.5 Å². The third kappa shape index (κ3) is 5.10. The number of methoxy groups -OCH3 is 1. The van der Waals surface area contributed by atoms with E-state index in [1.54, 1.807) is 4.90 Å². The molecule has 1 saturated heterocycles. The number of carbonyl (C=O) groups is 2. The SMILES string of the molecule is COC(=O)[C@@H](NC(=O)N1CCN(c2ccc(-c3ccccc3)cc2)CC1)C(C)(C)O. The van der Waals surface area contributed by atoms with Crippen molar-refractivity contribution >= 4 is 17.7 Å². The molecule has 160 valence electrons. The molecule has 0 bridgehead atoms. The summed E-state index contributed by atoms with van der Waals surface area (Å²) in [6, 6.07) is 17.1. The zero-order valence-electron chi connectivity index (χ0n) is 17.7. The van der Waals surface area contributed by atoms with Crippen LogP contribution in [0.2, 0.25) is 0 Å². The number of hydrogen-bond acceptors (Lipinski definition) is 5. The van der Waals surface area contributed by atoms with Gasteiger partial charge in [0.25, 0.3) is 0 Å². The van der Waals surface area contributed by atoms with E-state index in [1.165, 1.54) is 26.5 Å². The first-order valence-corrected chi connectivity index (χ1v) is 10.1. The predicted molar refractivity (Wildman–Crippen MR) is 116 cm³/mol. The Kier molecular flexibility index (Phi) is 6.62. The summed E-state index contributed by atoms with van der Waals surface area (Å²) < 4.78 is 4.70. The molecule has 1 aliphatic rings. The highest BCUT2D eigenvalue weighted by molar-refractivity contribution is 5.84. The number of piperazine rings is 1. The van der Waals surface area contributed by atoms with Crippen LogP contribution in [-0.2, 0) is 9.53 Å². The van der Waals surface area contributed by atoms with Crippen LogP contribution in [0.15, 0.2) is 54.6 Å². The highest BCUT2D eigenvalue weighted by Crippen LogP contribution is 2.24. The van der Waals surface area contributed by atoms with E-state index in [4.69, 9.17) is 4.74 Å². The number of urea groups is 1. The molecule has 1 aliphatic heterocycles. The number of hydrogen-bond donors (Lipinski definition) is 2. The van der Waals surface area contributed by atoms with E-state index < -0.39 is 17.6 Å². The Morgan fingerprint density at radius 3 is 2.07 bits per heavy atom. The summed E-state index contributed by atoms with van der Waals surface area (Å²) in [6.45, 7) is 5.34. The van der Waals surface area contributed by atoms with E-state index in [0.717, 1.165) is 11.3 Å². The minimum Gasteiger partial charge on any atom is -0.467 e. The number of benzene rings is 2. The van der Waals surface area contributed by atoms with Crippen LogP contribution in [0, 0.1) is 0 Å². The maximum Gasteiger partial charge on any atom is 0.331 e. The molecule has 2 amide bonds. The van der Waals surface area contributed by atoms with Gasteiger partial charge in [-0.25, -0.2) is 9.59 Å². The Labute approximate surface area is 177 Å². The number of aliphatic hydroxyl groups is 1. The Hall–Kier alpha value is -3.06. The fourth-order valence-corrected chi connectivity index (χ4v) is 3.52. The second kappa shape index (κ2) is 9.17. The lowest BCUT2D eigenvalue weighted by Gasteiger charge is -2.37. The van der Waals surface area contributed by atoms with Gasteiger partial charge in [-0.1, -0.05) is 42.5 Å². The number of carbonyl (C=O) groups excluding carboxylic acids is 2. The highest BCUT2D eigenvalue weighted by Gasteiger charge is 2.37. The van der Waals surface area contributed by atoms with Crippen molar-refractivity contribution in [2.75, 3.05) is 38.2 Å². The molecule has 0 saturated carbocycles. The summed E-state index contributed by atoms with van der Waals surface area (Å²) in [7, 11) is 1.23. The van der Waals surface area contributed by atoms with Crippen LogP contribution in [0.5, 0.6) is 0 Å². The van der Waals surface area contributed by atoms with E-state index in [0.29, 0.717) is 26.2 Å². The first-order valence-electron chi connectivity index (χ1n) is 10.1. The van der Waals surface area contributed by atoms with Crippen molar-refractivity contribution in [2.24, 2.45) is 0 Å². The predicted octanol–water partition coefficient (Wildman–Crippen LogP) is 2.50. The van der Waals surface area contributed by atoms with Gasteiger partial charge in [-0.15, -0.1) is 0 Å². The third-order valence-corrected chi connectivity index (χ3v) is 5.32. The van der Waals surface area contributed by atoms with Gasteiger partial charge in [0.2, 0.25) is 0 Å². The molecule has 2 N–H and O–H groups in total. The van der Waals surface area contributed by atoms with E-state index in [9.17, 15) is 14.7 Å². The van der Waals surface area contributed by atoms with Crippen molar-refractivity contribution in [3.05, 3.63) is 54.6 Å². The molecule has 7 nitrogen and oxygen atoms in total. The first kappa shape index (κ1) is 21.6. The fraction of sp³-hybridized carbons (Fsp3) is 0.391. The normalized spacial score (nSPS) is 15.5. The maximum absolute atomic E-state index is 12.6. The molecule has 0 aromatic heterocycles. The van der Waals surface area contributed by atoms with Crippen LogP contribution in [0.1, 0.15) is 13.8 Å². The highest BCUT2D eigenvalue weighted by atomic mass is 16.5. The first-order chi connectivity index (χ1) is 14.3. The molecule has 2 aromatic rings. The quantitative estimate of drug-likeness (QED) is 0.739. The molecule has 1 heterocycles. The summed E-state index contributed by atoms with van der Waals surface area (Å²) in [5.74, 6) is -0.673. The van der Waals surface area contributed by atoms with Gasteiger partial charge >= 0.3 is 12.0 Å². The van der Waals surface area contributed by atoms with E-state index in [2.05, 4.69) is 46.6 Å². The van der Waals surface area contributed by atoms with Crippen molar-refractivity contribution < 1.29 is 19.4 Å². The Morgan fingerprint density at radius 2 is 1.53 bits per heavy atom. The standard InChI is InChI=1S/C23H29N3O4/c1-23(2,29)20(21(27)30-3)24-22(28)26-15-13-25(14-16-26)19-11-9-18(10-12-19)17-7-5-4-6-8-17/h4-12,20,29H,13-16H2,1-3H3,(H,24,28)/t20-/m1/s1. The molecule has 30 heavy (non-hydrogen) atoms. The second-order valence-electron chi connectivity index (χ2n) is 7.95.